The smallest absolute Gasteiger partial charge is 0.116 e. The Kier molecular flexibility index (Phi) is 2.22. The molecule has 0 spiro atoms. The highest BCUT2D eigenvalue weighted by Crippen LogP contribution is 2.11. The van der Waals surface area contributed by atoms with Gasteiger partial charge in [-0.05, 0) is 13.0 Å². The molecule has 1 aromatic rings. The van der Waals surface area contributed by atoms with E-state index in [0.29, 0.717) is 11.1 Å². The van der Waals surface area contributed by atoms with Crippen LogP contribution in [0, 0.1) is 18.3 Å². The van der Waals surface area contributed by atoms with E-state index in [-0.39, 0.29) is 0 Å². The number of alkyl halides is 1. The molecule has 11 heavy (non-hydrogen) atoms. The van der Waals surface area contributed by atoms with Crippen LogP contribution in [0.4, 0.5) is 4.39 Å². The van der Waals surface area contributed by atoms with E-state index in [4.69, 9.17) is 5.26 Å². The summed E-state index contributed by atoms with van der Waals surface area (Å²) in [6, 6.07) is 7.07. The Labute approximate surface area is 65.1 Å². The highest BCUT2D eigenvalue weighted by molar-refractivity contribution is 5.39. The van der Waals surface area contributed by atoms with Crippen LogP contribution in [-0.2, 0) is 6.67 Å². The molecule has 1 rings (SSSR count). The standard InChI is InChI=1S/C9H8FN/c1-7-2-3-8(6-11)9(4-7)5-10/h2-4H,5H2,1H3. The fraction of sp³-hybridized carbons (Fsp3) is 0.222. The minimum Gasteiger partial charge on any atom is -0.246 e. The van der Waals surface area contributed by atoms with Crippen molar-refractivity contribution in [3.8, 4) is 6.07 Å². The Morgan fingerprint density at radius 3 is 2.82 bits per heavy atom. The Hall–Kier alpha value is -1.36. The lowest BCUT2D eigenvalue weighted by Gasteiger charge is -1.98. The largest absolute Gasteiger partial charge is 0.246 e. The number of hydrogen-bond acceptors (Lipinski definition) is 1. The molecule has 0 amide bonds. The van der Waals surface area contributed by atoms with E-state index in [2.05, 4.69) is 0 Å². The topological polar surface area (TPSA) is 23.8 Å². The van der Waals surface area contributed by atoms with Gasteiger partial charge < -0.3 is 0 Å². The Morgan fingerprint density at radius 2 is 2.27 bits per heavy atom. The fourth-order valence-corrected chi connectivity index (χ4v) is 0.942. The van der Waals surface area contributed by atoms with Gasteiger partial charge in [0.05, 0.1) is 11.6 Å². The summed E-state index contributed by atoms with van der Waals surface area (Å²) in [4.78, 5) is 0. The van der Waals surface area contributed by atoms with E-state index >= 15 is 0 Å². The summed E-state index contributed by atoms with van der Waals surface area (Å²) >= 11 is 0. The fourth-order valence-electron chi connectivity index (χ4n) is 0.942. The van der Waals surface area contributed by atoms with Gasteiger partial charge in [-0.1, -0.05) is 17.7 Å². The van der Waals surface area contributed by atoms with Crippen LogP contribution in [0.15, 0.2) is 18.2 Å². The maximum Gasteiger partial charge on any atom is 0.116 e. The highest BCUT2D eigenvalue weighted by Gasteiger charge is 1.99. The van der Waals surface area contributed by atoms with Crippen molar-refractivity contribution in [3.05, 3.63) is 34.9 Å². The Morgan fingerprint density at radius 1 is 1.55 bits per heavy atom. The van der Waals surface area contributed by atoms with E-state index in [0.717, 1.165) is 5.56 Å². The third-order valence-corrected chi connectivity index (χ3v) is 1.53. The third-order valence-electron chi connectivity index (χ3n) is 1.53. The van der Waals surface area contributed by atoms with Crippen molar-refractivity contribution in [2.75, 3.05) is 0 Å². The van der Waals surface area contributed by atoms with E-state index in [9.17, 15) is 4.39 Å². The Balaban J connectivity index is 3.19. The van der Waals surface area contributed by atoms with Crippen molar-refractivity contribution in [2.24, 2.45) is 0 Å². The predicted molar refractivity (Wildman–Crippen MR) is 40.7 cm³/mol. The molecule has 0 N–H and O–H groups in total. The van der Waals surface area contributed by atoms with Crippen molar-refractivity contribution in [1.82, 2.24) is 0 Å². The maximum atomic E-state index is 12.2. The summed E-state index contributed by atoms with van der Waals surface area (Å²) < 4.78 is 12.2. The average molecular weight is 149 g/mol. The molecule has 0 atom stereocenters. The van der Waals surface area contributed by atoms with Crippen LogP contribution in [0.25, 0.3) is 0 Å². The molecule has 0 aromatic heterocycles. The van der Waals surface area contributed by atoms with Crippen molar-refractivity contribution in [2.45, 2.75) is 13.6 Å². The highest BCUT2D eigenvalue weighted by atomic mass is 19.1. The molecule has 0 aliphatic carbocycles. The van der Waals surface area contributed by atoms with Crippen LogP contribution in [0.2, 0.25) is 0 Å². The number of nitrogens with zero attached hydrogens (tertiary/aromatic N) is 1. The first-order chi connectivity index (χ1) is 5.27. The Bertz CT molecular complexity index is 299. The third kappa shape index (κ3) is 1.56. The van der Waals surface area contributed by atoms with E-state index in [1.54, 1.807) is 18.2 Å². The number of benzene rings is 1. The lowest BCUT2D eigenvalue weighted by Crippen LogP contribution is -1.86. The molecule has 2 heteroatoms. The first kappa shape index (κ1) is 7.74. The summed E-state index contributed by atoms with van der Waals surface area (Å²) in [6.45, 7) is 1.31. The SMILES string of the molecule is Cc1ccc(C#N)c(CF)c1. The number of nitriles is 1. The van der Waals surface area contributed by atoms with E-state index < -0.39 is 6.67 Å². The summed E-state index contributed by atoms with van der Waals surface area (Å²) in [5.74, 6) is 0. The molecular formula is C9H8FN. The van der Waals surface area contributed by atoms with Gasteiger partial charge in [0.25, 0.3) is 0 Å². The van der Waals surface area contributed by atoms with E-state index in [1.807, 2.05) is 13.0 Å². The molecule has 1 nitrogen and oxygen atoms in total. The van der Waals surface area contributed by atoms with Gasteiger partial charge in [-0.2, -0.15) is 5.26 Å². The van der Waals surface area contributed by atoms with Crippen LogP contribution in [-0.4, -0.2) is 0 Å². The van der Waals surface area contributed by atoms with E-state index in [1.165, 1.54) is 0 Å². The number of hydrogen-bond donors (Lipinski definition) is 0. The molecule has 56 valence electrons. The van der Waals surface area contributed by atoms with Crippen LogP contribution in [0.1, 0.15) is 16.7 Å². The second-order valence-corrected chi connectivity index (χ2v) is 2.41. The van der Waals surface area contributed by atoms with Gasteiger partial charge in [0.15, 0.2) is 0 Å². The van der Waals surface area contributed by atoms with Gasteiger partial charge in [-0.3, -0.25) is 0 Å². The molecule has 0 heterocycles. The van der Waals surface area contributed by atoms with Crippen molar-refractivity contribution in [3.63, 3.8) is 0 Å². The van der Waals surface area contributed by atoms with Gasteiger partial charge in [-0.25, -0.2) is 4.39 Å². The monoisotopic (exact) mass is 149 g/mol. The zero-order valence-corrected chi connectivity index (χ0v) is 6.26. The van der Waals surface area contributed by atoms with Crippen molar-refractivity contribution >= 4 is 0 Å². The number of rotatable bonds is 1. The van der Waals surface area contributed by atoms with Gasteiger partial charge in [0, 0.05) is 5.56 Å². The molecule has 0 radical (unpaired) electrons. The molecule has 0 saturated carbocycles. The van der Waals surface area contributed by atoms with Gasteiger partial charge in [0.1, 0.15) is 6.67 Å². The summed E-state index contributed by atoms with van der Waals surface area (Å²) in [7, 11) is 0. The molecular weight excluding hydrogens is 141 g/mol. The van der Waals surface area contributed by atoms with Gasteiger partial charge >= 0.3 is 0 Å². The predicted octanol–water partition coefficient (Wildman–Crippen LogP) is 2.34. The maximum absolute atomic E-state index is 12.2. The zero-order valence-electron chi connectivity index (χ0n) is 6.26. The molecule has 0 fully saturated rings. The summed E-state index contributed by atoms with van der Waals surface area (Å²) in [5.41, 5.74) is 1.89. The lowest BCUT2D eigenvalue weighted by molar-refractivity contribution is 0.484. The molecule has 0 aliphatic rings. The molecule has 0 saturated heterocycles. The first-order valence-electron chi connectivity index (χ1n) is 3.33. The second kappa shape index (κ2) is 3.16. The number of aryl methyl sites for hydroxylation is 1. The quantitative estimate of drug-likeness (QED) is 0.601. The lowest BCUT2D eigenvalue weighted by atomic mass is 10.1. The molecule has 0 aliphatic heterocycles. The molecule has 1 aromatic carbocycles. The average Bonchev–Trinajstić information content (AvgIpc) is 2.04. The van der Waals surface area contributed by atoms with Crippen LogP contribution in [0.5, 0.6) is 0 Å². The van der Waals surface area contributed by atoms with Crippen LogP contribution < -0.4 is 0 Å². The van der Waals surface area contributed by atoms with Crippen LogP contribution in [0.3, 0.4) is 0 Å². The minimum absolute atomic E-state index is 0.429. The van der Waals surface area contributed by atoms with Gasteiger partial charge in [0.2, 0.25) is 0 Å². The minimum atomic E-state index is -0.565. The van der Waals surface area contributed by atoms with Crippen molar-refractivity contribution < 1.29 is 4.39 Å². The molecule has 0 unspecified atom stereocenters. The zero-order chi connectivity index (χ0) is 8.27. The molecule has 0 bridgehead atoms. The first-order valence-corrected chi connectivity index (χ1v) is 3.33. The summed E-state index contributed by atoms with van der Waals surface area (Å²) in [5, 5.41) is 8.52. The summed E-state index contributed by atoms with van der Waals surface area (Å²) in [6.07, 6.45) is 0. The normalized spacial score (nSPS) is 9.18. The van der Waals surface area contributed by atoms with Crippen molar-refractivity contribution in [1.29, 1.82) is 5.26 Å². The number of halogens is 1. The van der Waals surface area contributed by atoms with Crippen LogP contribution >= 0.6 is 0 Å². The van der Waals surface area contributed by atoms with Gasteiger partial charge in [-0.15, -0.1) is 0 Å². The second-order valence-electron chi connectivity index (χ2n) is 2.41.